The molecule has 0 fully saturated rings. The Morgan fingerprint density at radius 2 is 2.21 bits per heavy atom. The molecule has 0 atom stereocenters. The number of hydrogen-bond donors (Lipinski definition) is 3. The summed E-state index contributed by atoms with van der Waals surface area (Å²) in [4.78, 5) is 14.3. The first-order valence-corrected chi connectivity index (χ1v) is 8.35. The topological polar surface area (TPSA) is 82.2 Å². The molecule has 0 spiro atoms. The first-order chi connectivity index (χ1) is 11.5. The second kappa shape index (κ2) is 6.84. The lowest BCUT2D eigenvalue weighted by atomic mass is 9.98. The molecule has 1 aliphatic rings. The van der Waals surface area contributed by atoms with Crippen LogP contribution in [0.4, 0.5) is 10.1 Å². The number of nitrogens with one attached hydrogen (secondary N) is 2. The van der Waals surface area contributed by atoms with Crippen LogP contribution in [0.15, 0.2) is 41.8 Å². The van der Waals surface area contributed by atoms with Crippen LogP contribution in [0.3, 0.4) is 0 Å². The van der Waals surface area contributed by atoms with Gasteiger partial charge in [0.15, 0.2) is 5.96 Å². The van der Waals surface area contributed by atoms with Gasteiger partial charge < -0.3 is 16.0 Å². The second-order valence-corrected chi connectivity index (χ2v) is 6.38. The standard InChI is InChI=1S/C17H17FN4OS/c18-14-10-12(21-16(23)15-2-1-9-24-15)3-4-13(14)11-5-7-22(8-6-11)17(19)20/h1-5,9-10H,6-8H2,(H3,19,20)(H,21,23). The van der Waals surface area contributed by atoms with Crippen LogP contribution in [0.25, 0.3) is 5.57 Å². The molecular formula is C17H17FN4OS. The van der Waals surface area contributed by atoms with E-state index in [2.05, 4.69) is 5.32 Å². The molecule has 0 aliphatic carbocycles. The van der Waals surface area contributed by atoms with Crippen LogP contribution in [0.1, 0.15) is 21.7 Å². The third kappa shape index (κ3) is 3.46. The van der Waals surface area contributed by atoms with Gasteiger partial charge in [0.05, 0.1) is 4.88 Å². The van der Waals surface area contributed by atoms with E-state index in [0.717, 1.165) is 5.57 Å². The summed E-state index contributed by atoms with van der Waals surface area (Å²) in [6.45, 7) is 1.10. The van der Waals surface area contributed by atoms with Crippen molar-refractivity contribution in [3.8, 4) is 0 Å². The van der Waals surface area contributed by atoms with E-state index in [9.17, 15) is 9.18 Å². The van der Waals surface area contributed by atoms with E-state index in [0.29, 0.717) is 35.6 Å². The molecule has 0 saturated carbocycles. The minimum atomic E-state index is -0.374. The summed E-state index contributed by atoms with van der Waals surface area (Å²) < 4.78 is 14.4. The number of amides is 1. The molecular weight excluding hydrogens is 327 g/mol. The second-order valence-electron chi connectivity index (χ2n) is 5.44. The van der Waals surface area contributed by atoms with Crippen LogP contribution in [0.5, 0.6) is 0 Å². The van der Waals surface area contributed by atoms with Gasteiger partial charge in [0.1, 0.15) is 5.82 Å². The van der Waals surface area contributed by atoms with Gasteiger partial charge in [0.25, 0.3) is 5.91 Å². The van der Waals surface area contributed by atoms with Crippen LogP contribution in [0.2, 0.25) is 0 Å². The largest absolute Gasteiger partial charge is 0.370 e. The summed E-state index contributed by atoms with van der Waals surface area (Å²) >= 11 is 1.34. The molecule has 2 heterocycles. The van der Waals surface area contributed by atoms with Gasteiger partial charge in [-0.25, -0.2) is 4.39 Å². The molecule has 7 heteroatoms. The number of anilines is 1. The Bertz CT molecular complexity index is 801. The highest BCUT2D eigenvalue weighted by molar-refractivity contribution is 7.12. The van der Waals surface area contributed by atoms with Crippen molar-refractivity contribution in [3.05, 3.63) is 58.0 Å². The average Bonchev–Trinajstić information content (AvgIpc) is 3.10. The number of nitrogens with zero attached hydrogens (tertiary/aromatic N) is 1. The number of nitrogens with two attached hydrogens (primary N) is 1. The van der Waals surface area contributed by atoms with Crippen molar-refractivity contribution in [2.24, 2.45) is 5.73 Å². The Labute approximate surface area is 143 Å². The number of carbonyl (C=O) groups excluding carboxylic acids is 1. The fraction of sp³-hybridized carbons (Fsp3) is 0.176. The van der Waals surface area contributed by atoms with Crippen molar-refractivity contribution in [1.82, 2.24) is 4.90 Å². The van der Waals surface area contributed by atoms with Crippen molar-refractivity contribution >= 4 is 34.5 Å². The fourth-order valence-electron chi connectivity index (χ4n) is 2.59. The quantitative estimate of drug-likeness (QED) is 0.591. The predicted octanol–water partition coefficient (Wildman–Crippen LogP) is 3.12. The van der Waals surface area contributed by atoms with E-state index in [1.165, 1.54) is 17.4 Å². The van der Waals surface area contributed by atoms with E-state index in [4.69, 9.17) is 11.1 Å². The van der Waals surface area contributed by atoms with Gasteiger partial charge in [-0.3, -0.25) is 10.2 Å². The van der Waals surface area contributed by atoms with Crippen molar-refractivity contribution in [2.75, 3.05) is 18.4 Å². The van der Waals surface area contributed by atoms with Crippen molar-refractivity contribution in [1.29, 1.82) is 5.41 Å². The Morgan fingerprint density at radius 3 is 2.79 bits per heavy atom. The molecule has 4 N–H and O–H groups in total. The molecule has 24 heavy (non-hydrogen) atoms. The molecule has 1 aromatic heterocycles. The van der Waals surface area contributed by atoms with Crippen LogP contribution < -0.4 is 11.1 Å². The normalized spacial score (nSPS) is 14.2. The van der Waals surface area contributed by atoms with E-state index < -0.39 is 0 Å². The number of hydrogen-bond acceptors (Lipinski definition) is 3. The number of thiophene rings is 1. The minimum absolute atomic E-state index is 0.0254. The Kier molecular flexibility index (Phi) is 4.61. The monoisotopic (exact) mass is 344 g/mol. The maximum absolute atomic E-state index is 14.4. The van der Waals surface area contributed by atoms with Gasteiger partial charge in [-0.2, -0.15) is 0 Å². The number of carbonyl (C=O) groups is 1. The molecule has 0 unspecified atom stereocenters. The van der Waals surface area contributed by atoms with E-state index >= 15 is 0 Å². The van der Waals surface area contributed by atoms with E-state index in [-0.39, 0.29) is 17.7 Å². The van der Waals surface area contributed by atoms with Crippen LogP contribution in [-0.4, -0.2) is 29.9 Å². The van der Waals surface area contributed by atoms with E-state index in [1.807, 2.05) is 11.5 Å². The summed E-state index contributed by atoms with van der Waals surface area (Å²) in [7, 11) is 0. The SMILES string of the molecule is N=C(N)N1CC=C(c2ccc(NC(=O)c3cccs3)cc2F)CC1. The predicted molar refractivity (Wildman–Crippen MR) is 94.8 cm³/mol. The van der Waals surface area contributed by atoms with Gasteiger partial charge in [-0.1, -0.05) is 12.1 Å². The summed E-state index contributed by atoms with van der Waals surface area (Å²) in [5.74, 6) is -0.593. The number of rotatable bonds is 3. The molecule has 1 aliphatic heterocycles. The summed E-state index contributed by atoms with van der Waals surface area (Å²) in [5.41, 5.74) is 7.29. The van der Waals surface area contributed by atoms with E-state index in [1.54, 1.807) is 29.2 Å². The maximum atomic E-state index is 14.4. The smallest absolute Gasteiger partial charge is 0.265 e. The van der Waals surface area contributed by atoms with Gasteiger partial charge in [-0.05, 0) is 41.6 Å². The Hall–Kier alpha value is -2.67. The minimum Gasteiger partial charge on any atom is -0.370 e. The zero-order valence-corrected chi connectivity index (χ0v) is 13.7. The molecule has 2 aromatic rings. The van der Waals surface area contributed by atoms with Crippen LogP contribution in [-0.2, 0) is 0 Å². The van der Waals surface area contributed by atoms with Crippen LogP contribution >= 0.6 is 11.3 Å². The lowest BCUT2D eigenvalue weighted by Gasteiger charge is -2.26. The zero-order chi connectivity index (χ0) is 17.1. The highest BCUT2D eigenvalue weighted by Crippen LogP contribution is 2.27. The van der Waals surface area contributed by atoms with Crippen molar-refractivity contribution in [2.45, 2.75) is 6.42 Å². The summed E-state index contributed by atoms with van der Waals surface area (Å²) in [5, 5.41) is 11.9. The highest BCUT2D eigenvalue weighted by atomic mass is 32.1. The fourth-order valence-corrected chi connectivity index (χ4v) is 3.21. The van der Waals surface area contributed by atoms with Gasteiger partial charge >= 0.3 is 0 Å². The molecule has 3 rings (SSSR count). The van der Waals surface area contributed by atoms with Gasteiger partial charge in [0, 0.05) is 24.3 Å². The zero-order valence-electron chi connectivity index (χ0n) is 12.9. The summed E-state index contributed by atoms with van der Waals surface area (Å²) in [6.07, 6.45) is 2.50. The third-order valence-electron chi connectivity index (χ3n) is 3.87. The maximum Gasteiger partial charge on any atom is 0.265 e. The molecule has 124 valence electrons. The molecule has 1 amide bonds. The van der Waals surface area contributed by atoms with Crippen molar-refractivity contribution in [3.63, 3.8) is 0 Å². The molecule has 5 nitrogen and oxygen atoms in total. The lowest BCUT2D eigenvalue weighted by molar-refractivity contribution is 0.103. The Balaban J connectivity index is 1.73. The first kappa shape index (κ1) is 16.2. The molecule has 1 aromatic carbocycles. The molecule has 0 bridgehead atoms. The number of guanidine groups is 1. The third-order valence-corrected chi connectivity index (χ3v) is 4.74. The first-order valence-electron chi connectivity index (χ1n) is 7.47. The van der Waals surface area contributed by atoms with Gasteiger partial charge in [0.2, 0.25) is 0 Å². The lowest BCUT2D eigenvalue weighted by Crippen LogP contribution is -2.39. The molecule has 0 saturated heterocycles. The number of benzene rings is 1. The molecule has 0 radical (unpaired) electrons. The highest BCUT2D eigenvalue weighted by Gasteiger charge is 2.17. The summed E-state index contributed by atoms with van der Waals surface area (Å²) in [6, 6.07) is 8.22. The van der Waals surface area contributed by atoms with Crippen molar-refractivity contribution < 1.29 is 9.18 Å². The number of halogens is 1. The van der Waals surface area contributed by atoms with Gasteiger partial charge in [-0.15, -0.1) is 11.3 Å². The van der Waals surface area contributed by atoms with Crippen LogP contribution in [0, 0.1) is 11.2 Å². The Morgan fingerprint density at radius 1 is 1.38 bits per heavy atom. The average molecular weight is 344 g/mol.